The zero-order valence-corrected chi connectivity index (χ0v) is 45.2. The number of rotatable bonds is 10. The average molecular weight is 1110 g/mol. The Kier molecular flexibility index (Phi) is 23.0. The fourth-order valence-electron chi connectivity index (χ4n) is 10.6. The molecule has 6 saturated heterocycles. The van der Waals surface area contributed by atoms with Crippen molar-refractivity contribution in [2.45, 2.75) is 213 Å². The van der Waals surface area contributed by atoms with Crippen molar-refractivity contribution in [3.63, 3.8) is 0 Å². The SMILES string of the molecule is C.CC(C)OC(=O)c1cc(F)ccc1F.CN1[C@@H]2CC[C@H]1CC(O)C2.Cc1ccc(OC2C[C@H]3CC[C@@H](C2)N3)c(C(=O)OC(C)C)c1.Cc1ccc(OC2C[C@H]3CC[C@@H](C2)N3C)c(C(=O)OC(C)C)c1.I. The molecule has 0 aromatic heterocycles. The van der Waals surface area contributed by atoms with Crippen LogP contribution in [0.2, 0.25) is 0 Å². The fourth-order valence-corrected chi connectivity index (χ4v) is 10.6. The minimum atomic E-state index is -0.850. The van der Waals surface area contributed by atoms with E-state index in [2.05, 4.69) is 29.2 Å². The molecule has 6 aliphatic rings. The largest absolute Gasteiger partial charge is 0.489 e. The predicted molar refractivity (Wildman–Crippen MR) is 284 cm³/mol. The number of nitrogens with one attached hydrogen (secondary N) is 1. The van der Waals surface area contributed by atoms with Crippen LogP contribution in [0.5, 0.6) is 11.5 Å². The summed E-state index contributed by atoms with van der Waals surface area (Å²) in [6, 6.07) is 17.9. The normalized spacial score (nSPS) is 26.0. The van der Waals surface area contributed by atoms with E-state index in [1.54, 1.807) is 13.8 Å². The summed E-state index contributed by atoms with van der Waals surface area (Å²) < 4.78 is 53.5. The lowest BCUT2D eigenvalue weighted by Gasteiger charge is -2.36. The third-order valence-electron chi connectivity index (χ3n) is 14.0. The van der Waals surface area contributed by atoms with Crippen molar-refractivity contribution in [2.24, 2.45) is 0 Å². The molecule has 0 saturated carbocycles. The zero-order valence-electron chi connectivity index (χ0n) is 42.9. The maximum absolute atomic E-state index is 13.0. The van der Waals surface area contributed by atoms with Gasteiger partial charge in [0.05, 0.1) is 30.0 Å². The van der Waals surface area contributed by atoms with Gasteiger partial charge in [-0.05, 0) is 189 Å². The second-order valence-electron chi connectivity index (χ2n) is 20.8. The highest BCUT2D eigenvalue weighted by atomic mass is 127. The van der Waals surface area contributed by atoms with E-state index in [-0.39, 0.29) is 85.5 Å². The van der Waals surface area contributed by atoms with Crippen LogP contribution in [-0.4, -0.2) is 120 Å². The van der Waals surface area contributed by atoms with E-state index >= 15 is 0 Å². The lowest BCUT2D eigenvalue weighted by atomic mass is 10.0. The van der Waals surface area contributed by atoms with Gasteiger partial charge in [-0.3, -0.25) is 0 Å². The number of piperidine rings is 3. The van der Waals surface area contributed by atoms with Crippen LogP contribution in [0.1, 0.15) is 168 Å². The van der Waals surface area contributed by atoms with E-state index in [0.717, 1.165) is 67.9 Å². The molecule has 0 radical (unpaired) electrons. The van der Waals surface area contributed by atoms with Gasteiger partial charge >= 0.3 is 17.9 Å². The second-order valence-corrected chi connectivity index (χ2v) is 20.8. The molecule has 9 rings (SSSR count). The number of ether oxygens (including phenoxy) is 5. The molecule has 0 amide bonds. The van der Waals surface area contributed by atoms with Crippen LogP contribution < -0.4 is 14.8 Å². The Morgan fingerprint density at radius 2 is 0.944 bits per heavy atom. The van der Waals surface area contributed by atoms with E-state index in [9.17, 15) is 28.3 Å². The van der Waals surface area contributed by atoms with Gasteiger partial charge in [-0.2, -0.15) is 0 Å². The smallest absolute Gasteiger partial charge is 0.342 e. The summed E-state index contributed by atoms with van der Waals surface area (Å²) in [7, 11) is 4.41. The van der Waals surface area contributed by atoms with Crippen molar-refractivity contribution < 1.29 is 52.0 Å². The van der Waals surface area contributed by atoms with Gasteiger partial charge in [0.2, 0.25) is 0 Å². The number of benzene rings is 3. The maximum atomic E-state index is 13.0. The summed E-state index contributed by atoms with van der Waals surface area (Å²) in [4.78, 5) is 40.8. The van der Waals surface area contributed by atoms with Gasteiger partial charge in [0.25, 0.3) is 0 Å². The minimum absolute atomic E-state index is 0. The first kappa shape index (κ1) is 59.7. The van der Waals surface area contributed by atoms with Gasteiger partial charge in [-0.25, -0.2) is 23.2 Å². The molecule has 396 valence electrons. The highest BCUT2D eigenvalue weighted by Gasteiger charge is 2.40. The van der Waals surface area contributed by atoms with Gasteiger partial charge in [0.1, 0.15) is 46.5 Å². The highest BCUT2D eigenvalue weighted by Crippen LogP contribution is 2.37. The summed E-state index contributed by atoms with van der Waals surface area (Å²) in [5, 5.41) is 13.0. The molecule has 9 atom stereocenters. The van der Waals surface area contributed by atoms with Gasteiger partial charge in [0, 0.05) is 36.3 Å². The minimum Gasteiger partial charge on any atom is -0.489 e. The Morgan fingerprint density at radius 3 is 1.35 bits per heavy atom. The number of hydrogen-bond donors (Lipinski definition) is 2. The Morgan fingerprint density at radius 1 is 0.563 bits per heavy atom. The van der Waals surface area contributed by atoms with E-state index < -0.39 is 17.6 Å². The van der Waals surface area contributed by atoms with Gasteiger partial charge in [-0.1, -0.05) is 30.7 Å². The molecule has 71 heavy (non-hydrogen) atoms. The third-order valence-corrected chi connectivity index (χ3v) is 14.0. The molecule has 2 N–H and O–H groups in total. The summed E-state index contributed by atoms with van der Waals surface area (Å²) in [6.45, 7) is 14.7. The Bertz CT molecular complexity index is 2170. The van der Waals surface area contributed by atoms with E-state index in [1.807, 2.05) is 77.9 Å². The first-order valence-electron chi connectivity index (χ1n) is 25.2. The lowest BCUT2D eigenvalue weighted by molar-refractivity contribution is 0.0349. The predicted octanol–water partition coefficient (Wildman–Crippen LogP) is 11.2. The van der Waals surface area contributed by atoms with E-state index in [1.165, 1.54) is 38.5 Å². The maximum Gasteiger partial charge on any atom is 0.342 e. The average Bonchev–Trinajstić information content (AvgIpc) is 3.78. The van der Waals surface area contributed by atoms with Crippen molar-refractivity contribution in [3.05, 3.63) is 94.0 Å². The van der Waals surface area contributed by atoms with Crippen molar-refractivity contribution >= 4 is 41.9 Å². The summed E-state index contributed by atoms with van der Waals surface area (Å²) >= 11 is 0. The van der Waals surface area contributed by atoms with Crippen LogP contribution in [0, 0.1) is 25.5 Å². The zero-order chi connectivity index (χ0) is 50.1. The summed E-state index contributed by atoms with van der Waals surface area (Å²) in [5.41, 5.74) is 2.79. The van der Waals surface area contributed by atoms with E-state index in [4.69, 9.17) is 23.7 Å². The molecule has 12 nitrogen and oxygen atoms in total. The molecule has 3 aromatic carbocycles. The van der Waals surface area contributed by atoms with Gasteiger partial charge < -0.3 is 43.9 Å². The molecule has 6 fully saturated rings. The van der Waals surface area contributed by atoms with Crippen LogP contribution in [0.4, 0.5) is 8.78 Å². The van der Waals surface area contributed by atoms with Crippen LogP contribution in [0.25, 0.3) is 0 Å². The standard InChI is InChI=1S/C19H27NO3.C18H25NO3.C10H10F2O2.C8H15NO.CH4.HI/c1-12(2)22-19(21)17-9-13(3)5-8-18(17)23-16-10-14-6-7-15(11-16)20(14)4;1-11(2)21-18(20)16-8-12(3)4-7-17(16)22-15-9-13-5-6-14(10-15)19-13;1-6(2)14-10(13)8-5-7(11)3-4-9(8)12;1-9-6-2-3-7(9)5-8(10)4-6;;/h5,8-9,12,14-16H,6-7,10-11H2,1-4H3;4,7-8,11,13-15,19H,5-6,9-10H2,1-3H3;3-6H,1-2H3;6-8,10H,2-5H2,1H3;1H4;1H/t14-,15+,16?;13-,14+,15?;;6-,7+,8?;;. The van der Waals surface area contributed by atoms with Crippen LogP contribution in [-0.2, 0) is 14.2 Å². The van der Waals surface area contributed by atoms with Crippen molar-refractivity contribution in [3.8, 4) is 11.5 Å². The molecular weight excluding hydrogens is 1020 g/mol. The summed E-state index contributed by atoms with van der Waals surface area (Å²) in [6.07, 6.45) is 13.5. The topological polar surface area (TPSA) is 136 Å². The quantitative estimate of drug-likeness (QED) is 0.114. The molecule has 6 bridgehead atoms. The molecule has 3 aromatic rings. The number of aliphatic hydroxyl groups excluding tert-OH is 1. The van der Waals surface area contributed by atoms with E-state index in [0.29, 0.717) is 58.9 Å². The number of hydrogen-bond acceptors (Lipinski definition) is 12. The molecule has 15 heteroatoms. The third kappa shape index (κ3) is 17.1. The van der Waals surface area contributed by atoms with Crippen molar-refractivity contribution in [1.82, 2.24) is 15.1 Å². The number of carbonyl (C=O) groups excluding carboxylic acids is 3. The second kappa shape index (κ2) is 27.4. The van der Waals surface area contributed by atoms with Crippen LogP contribution >= 0.6 is 24.0 Å². The fraction of sp³-hybridized carbons (Fsp3) is 0.625. The van der Waals surface area contributed by atoms with Crippen molar-refractivity contribution in [1.29, 1.82) is 0 Å². The molecule has 6 heterocycles. The number of esters is 3. The Balaban J connectivity index is 0.000000213. The number of nitrogens with zero attached hydrogens (tertiary/aromatic N) is 2. The first-order chi connectivity index (χ1) is 32.7. The number of fused-ring (bicyclic) bond motifs is 6. The first-order valence-corrected chi connectivity index (χ1v) is 25.2. The van der Waals surface area contributed by atoms with Gasteiger partial charge in [0.15, 0.2) is 0 Å². The monoisotopic (exact) mass is 1110 g/mol. The number of carbonyl (C=O) groups is 3. The molecular formula is C56H82F2IN3O9. The molecule has 3 unspecified atom stereocenters. The molecule has 0 spiro atoms. The Hall–Kier alpha value is -3.90. The lowest BCUT2D eigenvalue weighted by Crippen LogP contribution is -2.43. The Labute approximate surface area is 439 Å². The van der Waals surface area contributed by atoms with Crippen molar-refractivity contribution in [2.75, 3.05) is 14.1 Å². The van der Waals surface area contributed by atoms with Gasteiger partial charge in [-0.15, -0.1) is 24.0 Å². The van der Waals surface area contributed by atoms with Crippen LogP contribution in [0.15, 0.2) is 54.6 Å². The van der Waals surface area contributed by atoms with Crippen LogP contribution in [0.3, 0.4) is 0 Å². The number of halogens is 3. The highest BCUT2D eigenvalue weighted by molar-refractivity contribution is 14.0. The molecule has 0 aliphatic carbocycles. The summed E-state index contributed by atoms with van der Waals surface area (Å²) in [5.74, 6) is -1.57. The number of aliphatic hydroxyl groups is 1. The number of aryl methyl sites for hydroxylation is 2. The molecule has 6 aliphatic heterocycles.